The Morgan fingerprint density at radius 2 is 2.00 bits per heavy atom. The minimum atomic E-state index is -0.145. The summed E-state index contributed by atoms with van der Waals surface area (Å²) in [6.07, 6.45) is 5.36. The molecule has 0 amide bonds. The fourth-order valence-corrected chi connectivity index (χ4v) is 1.98. The summed E-state index contributed by atoms with van der Waals surface area (Å²) in [6, 6.07) is 8.98. The molecule has 0 aliphatic carbocycles. The number of halogens is 1. The first kappa shape index (κ1) is 12.8. The molecule has 0 spiro atoms. The van der Waals surface area contributed by atoms with Crippen molar-refractivity contribution in [1.82, 2.24) is 9.88 Å². The van der Waals surface area contributed by atoms with Gasteiger partial charge in [-0.25, -0.2) is 4.39 Å². The van der Waals surface area contributed by atoms with Gasteiger partial charge in [0.2, 0.25) is 0 Å². The van der Waals surface area contributed by atoms with E-state index in [2.05, 4.69) is 35.3 Å². The van der Waals surface area contributed by atoms with Gasteiger partial charge in [0.1, 0.15) is 5.82 Å². The number of rotatable bonds is 6. The lowest BCUT2D eigenvalue weighted by molar-refractivity contribution is 0.587. The molecule has 18 heavy (non-hydrogen) atoms. The van der Waals surface area contributed by atoms with Crippen molar-refractivity contribution >= 4 is 0 Å². The van der Waals surface area contributed by atoms with Crippen LogP contribution in [0.4, 0.5) is 4.39 Å². The molecule has 0 unspecified atom stereocenters. The molecule has 2 nitrogen and oxygen atoms in total. The average molecular weight is 246 g/mol. The van der Waals surface area contributed by atoms with Gasteiger partial charge in [-0.1, -0.05) is 25.1 Å². The van der Waals surface area contributed by atoms with Crippen molar-refractivity contribution in [3.63, 3.8) is 0 Å². The molecule has 0 saturated heterocycles. The second kappa shape index (κ2) is 6.36. The Labute approximate surface area is 107 Å². The highest BCUT2D eigenvalue weighted by Gasteiger charge is 2.00. The lowest BCUT2D eigenvalue weighted by atomic mass is 10.2. The summed E-state index contributed by atoms with van der Waals surface area (Å²) in [5.41, 5.74) is 1.95. The molecule has 1 N–H and O–H groups in total. The predicted molar refractivity (Wildman–Crippen MR) is 71.7 cm³/mol. The maximum absolute atomic E-state index is 13.4. The predicted octanol–water partition coefficient (Wildman–Crippen LogP) is 3.33. The molecule has 0 fully saturated rings. The summed E-state index contributed by atoms with van der Waals surface area (Å²) >= 11 is 0. The lowest BCUT2D eigenvalue weighted by Crippen LogP contribution is -2.13. The number of aryl methyl sites for hydroxylation is 1. The van der Waals surface area contributed by atoms with E-state index in [-0.39, 0.29) is 5.82 Å². The van der Waals surface area contributed by atoms with Crippen molar-refractivity contribution < 1.29 is 4.39 Å². The number of nitrogens with one attached hydrogen (secondary N) is 1. The maximum atomic E-state index is 13.4. The second-order valence-electron chi connectivity index (χ2n) is 4.45. The summed E-state index contributed by atoms with van der Waals surface area (Å²) < 4.78 is 15.6. The van der Waals surface area contributed by atoms with Crippen LogP contribution in [0.1, 0.15) is 24.5 Å². The van der Waals surface area contributed by atoms with Gasteiger partial charge in [-0.2, -0.15) is 0 Å². The van der Waals surface area contributed by atoms with E-state index in [0.29, 0.717) is 12.1 Å². The van der Waals surface area contributed by atoms with E-state index in [4.69, 9.17) is 0 Å². The van der Waals surface area contributed by atoms with Gasteiger partial charge < -0.3 is 9.88 Å². The molecule has 1 aromatic carbocycles. The van der Waals surface area contributed by atoms with Gasteiger partial charge in [-0.15, -0.1) is 0 Å². The van der Waals surface area contributed by atoms with Gasteiger partial charge in [0.05, 0.1) is 0 Å². The van der Waals surface area contributed by atoms with E-state index in [9.17, 15) is 4.39 Å². The quantitative estimate of drug-likeness (QED) is 0.827. The summed E-state index contributed by atoms with van der Waals surface area (Å²) in [5, 5.41) is 3.26. The fourth-order valence-electron chi connectivity index (χ4n) is 1.98. The van der Waals surface area contributed by atoms with E-state index >= 15 is 0 Å². The van der Waals surface area contributed by atoms with Crippen molar-refractivity contribution in [3.8, 4) is 0 Å². The monoisotopic (exact) mass is 246 g/mol. The number of nitrogens with zero attached hydrogens (tertiary/aromatic N) is 1. The highest BCUT2D eigenvalue weighted by atomic mass is 19.1. The van der Waals surface area contributed by atoms with Crippen molar-refractivity contribution in [2.45, 2.75) is 33.0 Å². The SMILES string of the molecule is CCCn1ccc(CNCc2ccccc2F)c1. The number of hydrogen-bond donors (Lipinski definition) is 1. The van der Waals surface area contributed by atoms with Gasteiger partial charge in [-0.05, 0) is 24.1 Å². The molecule has 0 radical (unpaired) electrons. The van der Waals surface area contributed by atoms with Crippen LogP contribution in [0.2, 0.25) is 0 Å². The zero-order valence-corrected chi connectivity index (χ0v) is 10.7. The van der Waals surface area contributed by atoms with Gasteiger partial charge in [0.25, 0.3) is 0 Å². The zero-order valence-electron chi connectivity index (χ0n) is 10.7. The van der Waals surface area contributed by atoms with Crippen molar-refractivity contribution in [2.24, 2.45) is 0 Å². The Morgan fingerprint density at radius 3 is 2.78 bits per heavy atom. The summed E-state index contributed by atoms with van der Waals surface area (Å²) in [4.78, 5) is 0. The van der Waals surface area contributed by atoms with Gasteiger partial charge in [0, 0.05) is 37.6 Å². The number of aromatic nitrogens is 1. The largest absolute Gasteiger partial charge is 0.354 e. The molecule has 0 bridgehead atoms. The molecule has 1 aromatic heterocycles. The minimum Gasteiger partial charge on any atom is -0.354 e. The fraction of sp³-hybridized carbons (Fsp3) is 0.333. The second-order valence-corrected chi connectivity index (χ2v) is 4.45. The Morgan fingerprint density at radius 1 is 1.17 bits per heavy atom. The molecule has 96 valence electrons. The van der Waals surface area contributed by atoms with Crippen molar-refractivity contribution in [3.05, 3.63) is 59.7 Å². The molecule has 1 heterocycles. The molecule has 0 aliphatic rings. The molecular formula is C15H19FN2. The molecule has 2 rings (SSSR count). The van der Waals surface area contributed by atoms with Crippen LogP contribution in [-0.4, -0.2) is 4.57 Å². The first-order valence-electron chi connectivity index (χ1n) is 6.38. The highest BCUT2D eigenvalue weighted by Crippen LogP contribution is 2.07. The Hall–Kier alpha value is -1.61. The first-order chi connectivity index (χ1) is 8.79. The van der Waals surface area contributed by atoms with Crippen LogP contribution < -0.4 is 5.32 Å². The molecular weight excluding hydrogens is 227 g/mol. The third kappa shape index (κ3) is 3.44. The Kier molecular flexibility index (Phi) is 4.53. The lowest BCUT2D eigenvalue weighted by Gasteiger charge is -2.04. The van der Waals surface area contributed by atoms with Crippen LogP contribution in [0.5, 0.6) is 0 Å². The zero-order chi connectivity index (χ0) is 12.8. The average Bonchev–Trinajstić information content (AvgIpc) is 2.80. The van der Waals surface area contributed by atoms with Crippen LogP contribution in [-0.2, 0) is 19.6 Å². The van der Waals surface area contributed by atoms with E-state index in [1.54, 1.807) is 6.07 Å². The topological polar surface area (TPSA) is 17.0 Å². The van der Waals surface area contributed by atoms with Gasteiger partial charge in [-0.3, -0.25) is 0 Å². The van der Waals surface area contributed by atoms with Crippen LogP contribution >= 0.6 is 0 Å². The van der Waals surface area contributed by atoms with Gasteiger partial charge >= 0.3 is 0 Å². The molecule has 0 atom stereocenters. The Bertz CT molecular complexity index is 491. The first-order valence-corrected chi connectivity index (χ1v) is 6.38. The standard InChI is InChI=1S/C15H19FN2/c1-2-8-18-9-7-13(12-18)10-17-11-14-5-3-4-6-15(14)16/h3-7,9,12,17H,2,8,10-11H2,1H3. The Balaban J connectivity index is 1.83. The van der Waals surface area contributed by atoms with Crippen LogP contribution in [0.15, 0.2) is 42.7 Å². The maximum Gasteiger partial charge on any atom is 0.127 e. The molecule has 0 saturated carbocycles. The highest BCUT2D eigenvalue weighted by molar-refractivity contribution is 5.17. The normalized spacial score (nSPS) is 10.8. The third-order valence-corrected chi connectivity index (χ3v) is 2.90. The van der Waals surface area contributed by atoms with Crippen molar-refractivity contribution in [2.75, 3.05) is 0 Å². The summed E-state index contributed by atoms with van der Waals surface area (Å²) in [7, 11) is 0. The van der Waals surface area contributed by atoms with Gasteiger partial charge in [0.15, 0.2) is 0 Å². The van der Waals surface area contributed by atoms with E-state index in [1.165, 1.54) is 11.6 Å². The smallest absolute Gasteiger partial charge is 0.127 e. The van der Waals surface area contributed by atoms with E-state index in [0.717, 1.165) is 19.5 Å². The van der Waals surface area contributed by atoms with Crippen LogP contribution in [0, 0.1) is 5.82 Å². The molecule has 2 aromatic rings. The van der Waals surface area contributed by atoms with Crippen LogP contribution in [0.3, 0.4) is 0 Å². The summed E-state index contributed by atoms with van der Waals surface area (Å²) in [5.74, 6) is -0.145. The number of benzene rings is 1. The molecule has 3 heteroatoms. The van der Waals surface area contributed by atoms with Crippen molar-refractivity contribution in [1.29, 1.82) is 0 Å². The number of hydrogen-bond acceptors (Lipinski definition) is 1. The van der Waals surface area contributed by atoms with Crippen LogP contribution in [0.25, 0.3) is 0 Å². The minimum absolute atomic E-state index is 0.145. The van der Waals surface area contributed by atoms with E-state index in [1.807, 2.05) is 12.1 Å². The van der Waals surface area contributed by atoms with E-state index < -0.39 is 0 Å². The summed E-state index contributed by atoms with van der Waals surface area (Å²) in [6.45, 7) is 4.54. The third-order valence-electron chi connectivity index (χ3n) is 2.90. The molecule has 0 aliphatic heterocycles.